The Bertz CT molecular complexity index is 400. The summed E-state index contributed by atoms with van der Waals surface area (Å²) in [6, 6.07) is 6.96. The van der Waals surface area contributed by atoms with Gasteiger partial charge in [0.1, 0.15) is 5.75 Å². The zero-order valence-corrected chi connectivity index (χ0v) is 14.0. The number of aryl methyl sites for hydroxylation is 1. The summed E-state index contributed by atoms with van der Waals surface area (Å²) in [6.07, 6.45) is 2.44. The molecule has 2 atom stereocenters. The van der Waals surface area contributed by atoms with E-state index < -0.39 is 0 Å². The maximum atomic E-state index is 6.04. The van der Waals surface area contributed by atoms with Crippen LogP contribution in [0.3, 0.4) is 0 Å². The maximum absolute atomic E-state index is 6.04. The van der Waals surface area contributed by atoms with Crippen molar-refractivity contribution in [2.24, 2.45) is 0 Å². The van der Waals surface area contributed by atoms with E-state index in [1.165, 1.54) is 17.5 Å². The Hall–Kier alpha value is -1.02. The summed E-state index contributed by atoms with van der Waals surface area (Å²) < 4.78 is 6.04. The van der Waals surface area contributed by atoms with Crippen molar-refractivity contribution >= 4 is 0 Å². The molecule has 2 heteroatoms. The molecule has 1 N–H and O–H groups in total. The highest BCUT2D eigenvalue weighted by molar-refractivity contribution is 5.36. The zero-order chi connectivity index (χ0) is 15.1. The lowest BCUT2D eigenvalue weighted by Gasteiger charge is -2.21. The standard InChI is InChI=1S/C18H31NO/c1-7-10-19-15(5)12-16(6)20-17-8-9-18(13(2)3)14(4)11-17/h8-9,11,13,15-16,19H,7,10,12H2,1-6H3. The fourth-order valence-electron chi connectivity index (χ4n) is 2.62. The van der Waals surface area contributed by atoms with E-state index in [9.17, 15) is 0 Å². The number of hydrogen-bond donors (Lipinski definition) is 1. The van der Waals surface area contributed by atoms with E-state index >= 15 is 0 Å². The second kappa shape index (κ2) is 8.31. The predicted molar refractivity (Wildman–Crippen MR) is 87.7 cm³/mol. The molecule has 0 aliphatic heterocycles. The summed E-state index contributed by atoms with van der Waals surface area (Å²) in [5, 5.41) is 3.50. The molecule has 2 unspecified atom stereocenters. The second-order valence-electron chi connectivity index (χ2n) is 6.19. The van der Waals surface area contributed by atoms with E-state index in [2.05, 4.69) is 65.1 Å². The van der Waals surface area contributed by atoms with Gasteiger partial charge in [-0.25, -0.2) is 0 Å². The zero-order valence-electron chi connectivity index (χ0n) is 14.0. The van der Waals surface area contributed by atoms with Gasteiger partial charge >= 0.3 is 0 Å². The minimum Gasteiger partial charge on any atom is -0.491 e. The van der Waals surface area contributed by atoms with Crippen molar-refractivity contribution in [1.29, 1.82) is 0 Å². The number of benzene rings is 1. The average molecular weight is 277 g/mol. The monoisotopic (exact) mass is 277 g/mol. The molecule has 0 amide bonds. The highest BCUT2D eigenvalue weighted by Crippen LogP contribution is 2.24. The highest BCUT2D eigenvalue weighted by atomic mass is 16.5. The van der Waals surface area contributed by atoms with Gasteiger partial charge in [0.15, 0.2) is 0 Å². The third kappa shape index (κ3) is 5.54. The quantitative estimate of drug-likeness (QED) is 0.746. The minimum atomic E-state index is 0.235. The van der Waals surface area contributed by atoms with Gasteiger partial charge in [-0.05, 0) is 69.3 Å². The molecule has 0 fully saturated rings. The van der Waals surface area contributed by atoms with Crippen LogP contribution in [0, 0.1) is 6.92 Å². The number of hydrogen-bond acceptors (Lipinski definition) is 2. The third-order valence-electron chi connectivity index (χ3n) is 3.63. The summed E-state index contributed by atoms with van der Waals surface area (Å²) in [6.45, 7) is 14.3. The fourth-order valence-corrected chi connectivity index (χ4v) is 2.62. The van der Waals surface area contributed by atoms with Crippen molar-refractivity contribution in [1.82, 2.24) is 5.32 Å². The lowest BCUT2D eigenvalue weighted by molar-refractivity contribution is 0.196. The Kier molecular flexibility index (Phi) is 7.08. The van der Waals surface area contributed by atoms with Crippen LogP contribution in [0.4, 0.5) is 0 Å². The third-order valence-corrected chi connectivity index (χ3v) is 3.63. The van der Waals surface area contributed by atoms with Crippen molar-refractivity contribution in [2.45, 2.75) is 72.4 Å². The Morgan fingerprint density at radius 2 is 1.85 bits per heavy atom. The van der Waals surface area contributed by atoms with E-state index in [0.29, 0.717) is 12.0 Å². The van der Waals surface area contributed by atoms with E-state index in [0.717, 1.165) is 18.7 Å². The minimum absolute atomic E-state index is 0.235. The smallest absolute Gasteiger partial charge is 0.119 e. The Morgan fingerprint density at radius 1 is 1.15 bits per heavy atom. The van der Waals surface area contributed by atoms with Gasteiger partial charge < -0.3 is 10.1 Å². The van der Waals surface area contributed by atoms with Crippen LogP contribution in [0.15, 0.2) is 18.2 Å². The number of nitrogens with one attached hydrogen (secondary N) is 1. The highest BCUT2D eigenvalue weighted by Gasteiger charge is 2.11. The van der Waals surface area contributed by atoms with Crippen LogP contribution in [0.25, 0.3) is 0 Å². The van der Waals surface area contributed by atoms with Gasteiger partial charge in [0.25, 0.3) is 0 Å². The molecule has 1 aromatic carbocycles. The lowest BCUT2D eigenvalue weighted by atomic mass is 9.98. The first-order valence-electron chi connectivity index (χ1n) is 7.94. The molecule has 0 heterocycles. The molecule has 20 heavy (non-hydrogen) atoms. The first kappa shape index (κ1) is 17.0. The van der Waals surface area contributed by atoms with Gasteiger partial charge in [-0.15, -0.1) is 0 Å². The summed E-state index contributed by atoms with van der Waals surface area (Å²) in [4.78, 5) is 0. The van der Waals surface area contributed by atoms with Crippen LogP contribution in [-0.2, 0) is 0 Å². The van der Waals surface area contributed by atoms with E-state index in [1.54, 1.807) is 0 Å². The summed E-state index contributed by atoms with van der Waals surface area (Å²) in [5.74, 6) is 1.56. The Morgan fingerprint density at radius 3 is 2.40 bits per heavy atom. The Balaban J connectivity index is 2.53. The molecule has 1 aromatic rings. The van der Waals surface area contributed by atoms with Gasteiger partial charge in [0.05, 0.1) is 6.10 Å². The molecule has 114 valence electrons. The van der Waals surface area contributed by atoms with Crippen molar-refractivity contribution in [3.8, 4) is 5.75 Å². The van der Waals surface area contributed by atoms with Gasteiger partial charge in [0.2, 0.25) is 0 Å². The van der Waals surface area contributed by atoms with Gasteiger partial charge in [0, 0.05) is 6.04 Å². The van der Waals surface area contributed by atoms with E-state index in [-0.39, 0.29) is 6.10 Å². The molecule has 1 rings (SSSR count). The molecular weight excluding hydrogens is 246 g/mol. The summed E-state index contributed by atoms with van der Waals surface area (Å²) in [5.41, 5.74) is 2.73. The molecule has 0 aromatic heterocycles. The summed E-state index contributed by atoms with van der Waals surface area (Å²) >= 11 is 0. The van der Waals surface area contributed by atoms with Crippen LogP contribution in [0.1, 0.15) is 64.5 Å². The first-order chi connectivity index (χ1) is 9.43. The van der Waals surface area contributed by atoms with E-state index in [4.69, 9.17) is 4.74 Å². The van der Waals surface area contributed by atoms with Crippen molar-refractivity contribution in [3.63, 3.8) is 0 Å². The molecule has 0 saturated carbocycles. The molecule has 0 bridgehead atoms. The molecular formula is C18H31NO. The maximum Gasteiger partial charge on any atom is 0.119 e. The van der Waals surface area contributed by atoms with E-state index in [1.807, 2.05) is 0 Å². The number of ether oxygens (including phenoxy) is 1. The second-order valence-corrected chi connectivity index (χ2v) is 6.19. The molecule has 0 saturated heterocycles. The first-order valence-corrected chi connectivity index (χ1v) is 7.94. The number of rotatable bonds is 8. The van der Waals surface area contributed by atoms with Gasteiger partial charge in [-0.2, -0.15) is 0 Å². The van der Waals surface area contributed by atoms with Crippen molar-refractivity contribution in [3.05, 3.63) is 29.3 Å². The SMILES string of the molecule is CCCNC(C)CC(C)Oc1ccc(C(C)C)c(C)c1. The molecule has 2 nitrogen and oxygen atoms in total. The lowest BCUT2D eigenvalue weighted by Crippen LogP contribution is -2.31. The predicted octanol–water partition coefficient (Wildman–Crippen LogP) is 4.66. The van der Waals surface area contributed by atoms with Crippen molar-refractivity contribution in [2.75, 3.05) is 6.54 Å². The van der Waals surface area contributed by atoms with Crippen LogP contribution in [-0.4, -0.2) is 18.7 Å². The summed E-state index contributed by atoms with van der Waals surface area (Å²) in [7, 11) is 0. The van der Waals surface area contributed by atoms with Gasteiger partial charge in [-0.1, -0.05) is 26.8 Å². The largest absolute Gasteiger partial charge is 0.491 e. The topological polar surface area (TPSA) is 21.3 Å². The van der Waals surface area contributed by atoms with Crippen LogP contribution >= 0.6 is 0 Å². The fraction of sp³-hybridized carbons (Fsp3) is 0.667. The normalized spacial score (nSPS) is 14.3. The van der Waals surface area contributed by atoms with Crippen molar-refractivity contribution < 1.29 is 4.74 Å². The molecule has 0 radical (unpaired) electrons. The van der Waals surface area contributed by atoms with Crippen LogP contribution in [0.5, 0.6) is 5.75 Å². The average Bonchev–Trinajstić information content (AvgIpc) is 2.35. The Labute approximate surface area is 124 Å². The molecule has 0 spiro atoms. The molecule has 0 aliphatic carbocycles. The van der Waals surface area contributed by atoms with Crippen LogP contribution in [0.2, 0.25) is 0 Å². The molecule has 0 aliphatic rings. The van der Waals surface area contributed by atoms with Gasteiger partial charge in [-0.3, -0.25) is 0 Å². The van der Waals surface area contributed by atoms with Crippen LogP contribution < -0.4 is 10.1 Å².